The Morgan fingerprint density at radius 1 is 1.03 bits per heavy atom. The van der Waals surface area contributed by atoms with Gasteiger partial charge in [0.05, 0.1) is 38.2 Å². The Labute approximate surface area is 227 Å². The van der Waals surface area contributed by atoms with Crippen LogP contribution in [-0.2, 0) is 4.79 Å². The summed E-state index contributed by atoms with van der Waals surface area (Å²) in [6, 6.07) is 18.8. The van der Waals surface area contributed by atoms with Crippen LogP contribution in [0.5, 0.6) is 17.2 Å². The van der Waals surface area contributed by atoms with Gasteiger partial charge in [0.2, 0.25) is 5.75 Å². The van der Waals surface area contributed by atoms with E-state index >= 15 is 0 Å². The molecule has 0 aliphatic heterocycles. The van der Waals surface area contributed by atoms with Gasteiger partial charge in [-0.2, -0.15) is 5.10 Å². The van der Waals surface area contributed by atoms with E-state index in [1.807, 2.05) is 30.3 Å². The lowest BCUT2D eigenvalue weighted by Gasteiger charge is -2.12. The molecule has 200 valence electrons. The Balaban J connectivity index is 1.51. The molecule has 1 amide bonds. The normalized spacial score (nSPS) is 10.8. The number of ether oxygens (including phenoxy) is 3. The molecule has 0 radical (unpaired) electrons. The number of methoxy groups -OCH3 is 3. The van der Waals surface area contributed by atoms with Crippen molar-refractivity contribution < 1.29 is 23.9 Å². The fraction of sp³-hybridized carbons (Fsp3) is 0.154. The number of hydrazone groups is 1. The van der Waals surface area contributed by atoms with Gasteiger partial charge in [-0.25, -0.2) is 5.43 Å². The van der Waals surface area contributed by atoms with Gasteiger partial charge in [0.25, 0.3) is 11.6 Å². The molecule has 1 N–H and O–H groups in total. The number of nitrogens with zero attached hydrogens (tertiary/aromatic N) is 5. The van der Waals surface area contributed by atoms with Crippen LogP contribution in [0.3, 0.4) is 0 Å². The SMILES string of the molecule is COc1cc(/C=N/NC(=O)CSc2nnc(-c3cccc([N+](=O)[O-])c3)n2-c2ccccc2)cc(OC)c1OC. The topological polar surface area (TPSA) is 143 Å². The van der Waals surface area contributed by atoms with Gasteiger partial charge in [0.1, 0.15) is 0 Å². The lowest BCUT2D eigenvalue weighted by atomic mass is 10.2. The van der Waals surface area contributed by atoms with E-state index < -0.39 is 4.92 Å². The van der Waals surface area contributed by atoms with Crippen molar-refractivity contribution in [2.75, 3.05) is 27.1 Å². The first-order valence-electron chi connectivity index (χ1n) is 11.5. The number of benzene rings is 3. The van der Waals surface area contributed by atoms with Crippen molar-refractivity contribution in [2.24, 2.45) is 5.10 Å². The molecule has 3 aromatic carbocycles. The molecule has 13 heteroatoms. The number of nitro benzene ring substituents is 1. The highest BCUT2D eigenvalue weighted by Crippen LogP contribution is 2.37. The van der Waals surface area contributed by atoms with Crippen LogP contribution in [0.4, 0.5) is 5.69 Å². The second kappa shape index (κ2) is 12.6. The molecule has 1 heterocycles. The van der Waals surface area contributed by atoms with Crippen molar-refractivity contribution >= 4 is 29.6 Å². The minimum absolute atomic E-state index is 0.00744. The van der Waals surface area contributed by atoms with E-state index in [2.05, 4.69) is 20.7 Å². The molecular weight excluding hydrogens is 524 g/mol. The molecule has 0 spiro atoms. The first-order valence-corrected chi connectivity index (χ1v) is 12.4. The molecule has 0 bridgehead atoms. The Hall–Kier alpha value is -4.91. The lowest BCUT2D eigenvalue weighted by Crippen LogP contribution is -2.20. The fourth-order valence-electron chi connectivity index (χ4n) is 3.64. The van der Waals surface area contributed by atoms with E-state index in [-0.39, 0.29) is 17.3 Å². The number of non-ortho nitro benzene ring substituents is 1. The molecule has 4 aromatic rings. The van der Waals surface area contributed by atoms with Crippen LogP contribution in [0.1, 0.15) is 5.56 Å². The standard InChI is InChI=1S/C26H24N6O6S/c1-36-21-12-17(13-22(37-2)24(21)38-3)15-27-28-23(33)16-39-26-30-29-25(31(26)19-9-5-4-6-10-19)18-8-7-11-20(14-18)32(34)35/h4-15H,16H2,1-3H3,(H,28,33)/b27-15+. The van der Waals surface area contributed by atoms with E-state index in [0.717, 1.165) is 17.4 Å². The van der Waals surface area contributed by atoms with Crippen LogP contribution >= 0.6 is 11.8 Å². The third kappa shape index (κ3) is 6.33. The van der Waals surface area contributed by atoms with Gasteiger partial charge in [0, 0.05) is 28.9 Å². The number of carbonyl (C=O) groups is 1. The highest BCUT2D eigenvalue weighted by molar-refractivity contribution is 7.99. The first-order chi connectivity index (χ1) is 18.9. The monoisotopic (exact) mass is 548 g/mol. The van der Waals surface area contributed by atoms with Gasteiger partial charge in [-0.3, -0.25) is 19.5 Å². The molecule has 4 rings (SSSR count). The van der Waals surface area contributed by atoms with E-state index in [1.165, 1.54) is 39.7 Å². The van der Waals surface area contributed by atoms with Crippen LogP contribution in [0.25, 0.3) is 17.1 Å². The number of para-hydroxylation sites is 1. The Morgan fingerprint density at radius 2 is 1.74 bits per heavy atom. The van der Waals surface area contributed by atoms with Crippen LogP contribution < -0.4 is 19.6 Å². The number of nitro groups is 1. The summed E-state index contributed by atoms with van der Waals surface area (Å²) in [4.78, 5) is 23.4. The summed E-state index contributed by atoms with van der Waals surface area (Å²) in [7, 11) is 4.53. The molecule has 0 saturated heterocycles. The highest BCUT2D eigenvalue weighted by atomic mass is 32.2. The van der Waals surface area contributed by atoms with Crippen LogP contribution in [0.15, 0.2) is 77.0 Å². The van der Waals surface area contributed by atoms with Gasteiger partial charge in [-0.15, -0.1) is 10.2 Å². The number of hydrogen-bond donors (Lipinski definition) is 1. The summed E-state index contributed by atoms with van der Waals surface area (Å²) >= 11 is 1.15. The van der Waals surface area contributed by atoms with Crippen molar-refractivity contribution in [2.45, 2.75) is 5.16 Å². The molecular formula is C26H24N6O6S. The van der Waals surface area contributed by atoms with E-state index in [1.54, 1.807) is 28.8 Å². The number of amides is 1. The zero-order valence-corrected chi connectivity index (χ0v) is 22.0. The highest BCUT2D eigenvalue weighted by Gasteiger charge is 2.19. The van der Waals surface area contributed by atoms with Crippen molar-refractivity contribution in [3.05, 3.63) is 82.4 Å². The summed E-state index contributed by atoms with van der Waals surface area (Å²) in [6.07, 6.45) is 1.46. The maximum absolute atomic E-state index is 12.5. The van der Waals surface area contributed by atoms with Crippen molar-refractivity contribution in [3.63, 3.8) is 0 Å². The van der Waals surface area contributed by atoms with Gasteiger partial charge in [-0.1, -0.05) is 42.1 Å². The van der Waals surface area contributed by atoms with Gasteiger partial charge >= 0.3 is 0 Å². The summed E-state index contributed by atoms with van der Waals surface area (Å²) in [5, 5.41) is 24.2. The molecule has 0 saturated carbocycles. The third-order valence-corrected chi connectivity index (χ3v) is 6.31. The van der Waals surface area contributed by atoms with Gasteiger partial charge < -0.3 is 14.2 Å². The quantitative estimate of drug-likeness (QED) is 0.127. The fourth-order valence-corrected chi connectivity index (χ4v) is 4.38. The first kappa shape index (κ1) is 27.1. The average Bonchev–Trinajstić information content (AvgIpc) is 3.40. The van der Waals surface area contributed by atoms with Crippen molar-refractivity contribution in [1.82, 2.24) is 20.2 Å². The van der Waals surface area contributed by atoms with Crippen LogP contribution in [-0.4, -0.2) is 58.9 Å². The third-order valence-electron chi connectivity index (χ3n) is 5.39. The summed E-state index contributed by atoms with van der Waals surface area (Å²) in [6.45, 7) is 0. The number of thioether (sulfide) groups is 1. The number of carbonyl (C=O) groups excluding carboxylic acids is 1. The largest absolute Gasteiger partial charge is 0.493 e. The van der Waals surface area contributed by atoms with Crippen LogP contribution in [0.2, 0.25) is 0 Å². The molecule has 0 aliphatic rings. The van der Waals surface area contributed by atoms with Crippen LogP contribution in [0, 0.1) is 10.1 Å². The maximum atomic E-state index is 12.5. The Bertz CT molecular complexity index is 1480. The number of hydrogen-bond acceptors (Lipinski definition) is 10. The van der Waals surface area contributed by atoms with E-state index in [0.29, 0.717) is 39.4 Å². The molecule has 12 nitrogen and oxygen atoms in total. The second-order valence-electron chi connectivity index (χ2n) is 7.83. The van der Waals surface area contributed by atoms with Gasteiger partial charge in [0.15, 0.2) is 22.5 Å². The molecule has 0 unspecified atom stereocenters. The lowest BCUT2D eigenvalue weighted by molar-refractivity contribution is -0.384. The minimum Gasteiger partial charge on any atom is -0.493 e. The Morgan fingerprint density at radius 3 is 2.38 bits per heavy atom. The van der Waals surface area contributed by atoms with Crippen molar-refractivity contribution in [3.8, 4) is 34.3 Å². The maximum Gasteiger partial charge on any atom is 0.270 e. The van der Waals surface area contributed by atoms with Gasteiger partial charge in [-0.05, 0) is 24.3 Å². The van der Waals surface area contributed by atoms with E-state index in [9.17, 15) is 14.9 Å². The number of rotatable bonds is 11. The van der Waals surface area contributed by atoms with Crippen molar-refractivity contribution in [1.29, 1.82) is 0 Å². The second-order valence-corrected chi connectivity index (χ2v) is 8.77. The Kier molecular flexibility index (Phi) is 8.74. The zero-order chi connectivity index (χ0) is 27.8. The number of aromatic nitrogens is 3. The molecule has 1 aromatic heterocycles. The summed E-state index contributed by atoms with van der Waals surface area (Å²) in [5.74, 6) is 1.40. The molecule has 0 aliphatic carbocycles. The number of nitrogens with one attached hydrogen (secondary N) is 1. The minimum atomic E-state index is -0.467. The van der Waals surface area contributed by atoms with E-state index in [4.69, 9.17) is 14.2 Å². The molecule has 39 heavy (non-hydrogen) atoms. The zero-order valence-electron chi connectivity index (χ0n) is 21.2. The predicted molar refractivity (Wildman–Crippen MR) is 146 cm³/mol. The summed E-state index contributed by atoms with van der Waals surface area (Å²) in [5.41, 5.74) is 4.32. The predicted octanol–water partition coefficient (Wildman–Crippen LogP) is 4.11. The average molecular weight is 549 g/mol. The smallest absolute Gasteiger partial charge is 0.270 e. The molecule has 0 fully saturated rings. The summed E-state index contributed by atoms with van der Waals surface area (Å²) < 4.78 is 17.7. The molecule has 0 atom stereocenters.